The topological polar surface area (TPSA) is 136 Å². The Hall–Kier alpha value is -3.96. The molecule has 0 amide bonds. The minimum absolute atomic E-state index is 0.565. The van der Waals surface area contributed by atoms with Crippen LogP contribution in [0.2, 0.25) is 5.02 Å². The Bertz CT molecular complexity index is 1560. The van der Waals surface area contributed by atoms with Gasteiger partial charge in [-0.3, -0.25) is 20.0 Å². The first-order valence-corrected chi connectivity index (χ1v) is 14.0. The summed E-state index contributed by atoms with van der Waals surface area (Å²) in [7, 11) is 0. The summed E-state index contributed by atoms with van der Waals surface area (Å²) in [5.41, 5.74) is 18.9. The van der Waals surface area contributed by atoms with Gasteiger partial charge in [0.1, 0.15) is 11.3 Å². The summed E-state index contributed by atoms with van der Waals surface area (Å²) in [4.78, 5) is 21.5. The molecule has 0 saturated heterocycles. The molecule has 4 aromatic heterocycles. The van der Waals surface area contributed by atoms with E-state index in [1.807, 2.05) is 68.0 Å². The second kappa shape index (κ2) is 12.9. The van der Waals surface area contributed by atoms with Crippen molar-refractivity contribution in [2.45, 2.75) is 26.4 Å². The summed E-state index contributed by atoms with van der Waals surface area (Å²) in [5.74, 6) is 0.664. The first-order chi connectivity index (χ1) is 19.5. The molecule has 11 heteroatoms. The number of allylic oxidation sites excluding steroid dienone is 1. The van der Waals surface area contributed by atoms with Crippen molar-refractivity contribution in [1.82, 2.24) is 35.0 Å². The zero-order valence-corrected chi connectivity index (χ0v) is 23.7. The zero-order chi connectivity index (χ0) is 27.9. The monoisotopic (exact) mass is 571 g/mol. The lowest BCUT2D eigenvalue weighted by Crippen LogP contribution is -2.28. The Labute approximate surface area is 242 Å². The van der Waals surface area contributed by atoms with Gasteiger partial charge in [-0.2, -0.15) is 5.10 Å². The maximum atomic E-state index is 6.47. The lowest BCUT2D eigenvalue weighted by atomic mass is 10.1. The highest BCUT2D eigenvalue weighted by molar-refractivity contribution is 7.16. The number of nitrogens with zero attached hydrogens (tertiary/aromatic N) is 6. The summed E-state index contributed by atoms with van der Waals surface area (Å²) in [6.45, 7) is 4.70. The standard InChI is InChI=1S/C29H30ClN9S/c1-19(32)26(24-15-22(8-12-34-24)17-39(13-9-31)16-21-6-10-33-11-7-21)29-37-25(14-20-2-4-23(30)5-3-20)27(40-29)28-35-18-36-38-28/h2-8,10-12,15,18H,9,13-14,16-17,31-32H2,1H3,(H,35,36,38). The number of hydrogen-bond acceptors (Lipinski definition) is 9. The van der Waals surface area contributed by atoms with E-state index in [-0.39, 0.29) is 0 Å². The Morgan fingerprint density at radius 3 is 2.42 bits per heavy atom. The van der Waals surface area contributed by atoms with Crippen molar-refractivity contribution in [2.24, 2.45) is 11.5 Å². The third kappa shape index (κ3) is 6.78. The largest absolute Gasteiger partial charge is 0.402 e. The van der Waals surface area contributed by atoms with E-state index < -0.39 is 0 Å². The van der Waals surface area contributed by atoms with Crippen LogP contribution in [0.15, 0.2) is 79.1 Å². The molecule has 0 spiro atoms. The molecule has 40 heavy (non-hydrogen) atoms. The smallest absolute Gasteiger partial charge is 0.167 e. The fourth-order valence-corrected chi connectivity index (χ4v) is 5.74. The lowest BCUT2D eigenvalue weighted by molar-refractivity contribution is 0.264. The molecule has 4 heterocycles. The highest BCUT2D eigenvalue weighted by atomic mass is 35.5. The van der Waals surface area contributed by atoms with Crippen LogP contribution in [-0.2, 0) is 19.5 Å². The summed E-state index contributed by atoms with van der Waals surface area (Å²) in [6, 6.07) is 15.9. The van der Waals surface area contributed by atoms with Gasteiger partial charge in [0.2, 0.25) is 0 Å². The van der Waals surface area contributed by atoms with Crippen molar-refractivity contribution in [3.8, 4) is 10.7 Å². The average Bonchev–Trinajstić information content (AvgIpc) is 3.61. The fraction of sp³-hybridized carbons (Fsp3) is 0.207. The first-order valence-electron chi connectivity index (χ1n) is 12.8. The molecule has 0 radical (unpaired) electrons. The number of H-pyrrole nitrogens is 1. The lowest BCUT2D eigenvalue weighted by Gasteiger charge is -2.22. The van der Waals surface area contributed by atoms with Crippen LogP contribution >= 0.6 is 22.9 Å². The Morgan fingerprint density at radius 1 is 0.975 bits per heavy atom. The second-order valence-electron chi connectivity index (χ2n) is 9.39. The third-order valence-electron chi connectivity index (χ3n) is 6.31. The van der Waals surface area contributed by atoms with Crippen molar-refractivity contribution in [3.05, 3.63) is 117 Å². The molecule has 9 nitrogen and oxygen atoms in total. The van der Waals surface area contributed by atoms with E-state index in [9.17, 15) is 0 Å². The number of halogens is 1. The van der Waals surface area contributed by atoms with Gasteiger partial charge in [0, 0.05) is 61.9 Å². The van der Waals surface area contributed by atoms with E-state index in [2.05, 4.69) is 31.1 Å². The molecule has 0 unspecified atom stereocenters. The number of aromatic nitrogens is 6. The number of benzene rings is 1. The van der Waals surface area contributed by atoms with Crippen LogP contribution in [0.4, 0.5) is 0 Å². The van der Waals surface area contributed by atoms with E-state index in [0.29, 0.717) is 29.5 Å². The van der Waals surface area contributed by atoms with Gasteiger partial charge in [0.25, 0.3) is 0 Å². The van der Waals surface area contributed by atoms with Crippen molar-refractivity contribution in [3.63, 3.8) is 0 Å². The van der Waals surface area contributed by atoms with Crippen molar-refractivity contribution < 1.29 is 0 Å². The maximum Gasteiger partial charge on any atom is 0.167 e. The molecule has 204 valence electrons. The van der Waals surface area contributed by atoms with Gasteiger partial charge in [-0.25, -0.2) is 9.97 Å². The number of thiazole rings is 1. The van der Waals surface area contributed by atoms with E-state index in [0.717, 1.165) is 57.6 Å². The number of nitrogens with one attached hydrogen (secondary N) is 1. The normalized spacial score (nSPS) is 12.1. The third-order valence-corrected chi connectivity index (χ3v) is 7.68. The van der Waals surface area contributed by atoms with Crippen LogP contribution in [0.5, 0.6) is 0 Å². The number of rotatable bonds is 11. The van der Waals surface area contributed by atoms with E-state index in [1.165, 1.54) is 23.2 Å². The van der Waals surface area contributed by atoms with Gasteiger partial charge in [0.05, 0.1) is 21.8 Å². The number of aromatic amines is 1. The molecule has 1 aromatic carbocycles. The minimum Gasteiger partial charge on any atom is -0.402 e. The molecule has 5 aromatic rings. The van der Waals surface area contributed by atoms with E-state index in [4.69, 9.17) is 33.0 Å². The summed E-state index contributed by atoms with van der Waals surface area (Å²) in [6.07, 6.45) is 7.54. The van der Waals surface area contributed by atoms with Crippen LogP contribution < -0.4 is 11.5 Å². The van der Waals surface area contributed by atoms with Crippen molar-refractivity contribution in [2.75, 3.05) is 13.1 Å². The predicted octanol–water partition coefficient (Wildman–Crippen LogP) is 4.66. The Balaban J connectivity index is 1.46. The van der Waals surface area contributed by atoms with Gasteiger partial charge >= 0.3 is 0 Å². The second-order valence-corrected chi connectivity index (χ2v) is 10.8. The Morgan fingerprint density at radius 2 is 1.73 bits per heavy atom. The van der Waals surface area contributed by atoms with Crippen LogP contribution in [0.25, 0.3) is 16.3 Å². The fourth-order valence-electron chi connectivity index (χ4n) is 4.46. The first kappa shape index (κ1) is 27.6. The number of hydrogen-bond donors (Lipinski definition) is 3. The van der Waals surface area contributed by atoms with Crippen LogP contribution in [-0.4, -0.2) is 48.1 Å². The molecule has 0 fully saturated rings. The number of nitrogens with two attached hydrogens (primary N) is 2. The van der Waals surface area contributed by atoms with Crippen LogP contribution in [0.1, 0.15) is 40.0 Å². The molecular weight excluding hydrogens is 542 g/mol. The highest BCUT2D eigenvalue weighted by Crippen LogP contribution is 2.36. The zero-order valence-electron chi connectivity index (χ0n) is 22.1. The molecule has 0 bridgehead atoms. The van der Waals surface area contributed by atoms with Crippen molar-refractivity contribution >= 4 is 28.5 Å². The minimum atomic E-state index is 0.565. The highest BCUT2D eigenvalue weighted by Gasteiger charge is 2.21. The predicted molar refractivity (Wildman–Crippen MR) is 159 cm³/mol. The van der Waals surface area contributed by atoms with Gasteiger partial charge in [0.15, 0.2) is 5.82 Å². The molecule has 5 rings (SSSR count). The van der Waals surface area contributed by atoms with Crippen LogP contribution in [0.3, 0.4) is 0 Å². The molecular formula is C29H30ClN9S. The van der Waals surface area contributed by atoms with Gasteiger partial charge in [-0.05, 0) is 60.0 Å². The molecule has 0 atom stereocenters. The summed E-state index contributed by atoms with van der Waals surface area (Å²) < 4.78 is 0. The SMILES string of the molecule is CC(N)=C(c1cc(CN(CCN)Cc2ccncc2)ccn1)c1nc(Cc2ccc(Cl)cc2)c(-c2ncn[nH]2)s1. The van der Waals surface area contributed by atoms with Gasteiger partial charge in [-0.1, -0.05) is 23.7 Å². The van der Waals surface area contributed by atoms with E-state index >= 15 is 0 Å². The van der Waals surface area contributed by atoms with E-state index in [1.54, 1.807) is 0 Å². The number of pyridine rings is 2. The Kier molecular flexibility index (Phi) is 8.92. The molecule has 0 aliphatic rings. The van der Waals surface area contributed by atoms with Gasteiger partial charge in [-0.15, -0.1) is 11.3 Å². The van der Waals surface area contributed by atoms with Gasteiger partial charge < -0.3 is 11.5 Å². The quantitative estimate of drug-likeness (QED) is 0.208. The average molecular weight is 572 g/mol. The van der Waals surface area contributed by atoms with Crippen LogP contribution in [0, 0.1) is 0 Å². The summed E-state index contributed by atoms with van der Waals surface area (Å²) >= 11 is 7.62. The molecule has 5 N–H and O–H groups in total. The van der Waals surface area contributed by atoms with Crippen molar-refractivity contribution in [1.29, 1.82) is 0 Å². The molecule has 0 aliphatic carbocycles. The molecule has 0 aliphatic heterocycles. The maximum absolute atomic E-state index is 6.47. The summed E-state index contributed by atoms with van der Waals surface area (Å²) in [5, 5.41) is 8.49. The molecule has 0 saturated carbocycles.